The number of carbonyl (C=O) groups excluding carboxylic acids is 1. The van der Waals surface area contributed by atoms with E-state index >= 15 is 0 Å². The fourth-order valence-electron chi connectivity index (χ4n) is 1.36. The molecule has 0 fully saturated rings. The zero-order chi connectivity index (χ0) is 12.0. The first kappa shape index (κ1) is 13.0. The molecule has 0 saturated heterocycles. The first-order valence-electron chi connectivity index (χ1n) is 5.25. The molecule has 0 aliphatic heterocycles. The number of nitrogens with one attached hydrogen (secondary N) is 1. The summed E-state index contributed by atoms with van der Waals surface area (Å²) in [5.74, 6) is -0.0300. The molecule has 1 aromatic rings. The summed E-state index contributed by atoms with van der Waals surface area (Å²) in [6.45, 7) is 2.36. The Kier molecular flexibility index (Phi) is 5.26. The van der Waals surface area contributed by atoms with Crippen molar-refractivity contribution in [3.05, 3.63) is 35.1 Å². The van der Waals surface area contributed by atoms with Crippen LogP contribution in [0.2, 0.25) is 0 Å². The highest BCUT2D eigenvalue weighted by Crippen LogP contribution is 2.09. The number of benzene rings is 1. The van der Waals surface area contributed by atoms with Gasteiger partial charge < -0.3 is 5.32 Å². The molecule has 1 N–H and O–H groups in total. The fourth-order valence-corrected chi connectivity index (χ4v) is 1.54. The third-order valence-electron chi connectivity index (χ3n) is 2.29. The quantitative estimate of drug-likeness (QED) is 0.625. The lowest BCUT2D eigenvalue weighted by Crippen LogP contribution is -2.25. The van der Waals surface area contributed by atoms with Crippen LogP contribution in [0.1, 0.15) is 28.8 Å². The zero-order valence-electron chi connectivity index (χ0n) is 9.22. The highest BCUT2D eigenvalue weighted by Gasteiger charge is 2.08. The Morgan fingerprint density at radius 2 is 2.19 bits per heavy atom. The van der Waals surface area contributed by atoms with Crippen molar-refractivity contribution >= 4 is 17.5 Å². The predicted octanol–water partition coefficient (Wildman–Crippen LogP) is 2.88. The predicted molar refractivity (Wildman–Crippen MR) is 63.4 cm³/mol. The normalized spacial score (nSPS) is 10.2. The van der Waals surface area contributed by atoms with Gasteiger partial charge in [0.05, 0.1) is 0 Å². The van der Waals surface area contributed by atoms with Crippen molar-refractivity contribution in [3.8, 4) is 0 Å². The Morgan fingerprint density at radius 1 is 1.44 bits per heavy atom. The molecule has 0 saturated carbocycles. The van der Waals surface area contributed by atoms with E-state index in [1.165, 1.54) is 12.1 Å². The topological polar surface area (TPSA) is 29.1 Å². The monoisotopic (exact) mass is 243 g/mol. The first-order chi connectivity index (χ1) is 7.65. The number of halogens is 2. The SMILES string of the molecule is Cc1ccc(F)cc1C(=O)NCCCCCl. The molecule has 2 nitrogen and oxygen atoms in total. The second kappa shape index (κ2) is 6.48. The maximum Gasteiger partial charge on any atom is 0.251 e. The number of hydrogen-bond donors (Lipinski definition) is 1. The van der Waals surface area contributed by atoms with Gasteiger partial charge in [-0.25, -0.2) is 4.39 Å². The minimum Gasteiger partial charge on any atom is -0.352 e. The van der Waals surface area contributed by atoms with E-state index in [0.717, 1.165) is 18.4 Å². The molecule has 0 spiro atoms. The van der Waals surface area contributed by atoms with Crippen LogP contribution < -0.4 is 5.32 Å². The van der Waals surface area contributed by atoms with Crippen LogP contribution in [-0.4, -0.2) is 18.3 Å². The zero-order valence-corrected chi connectivity index (χ0v) is 9.98. The maximum atomic E-state index is 13.0. The molecule has 0 radical (unpaired) electrons. The lowest BCUT2D eigenvalue weighted by molar-refractivity contribution is 0.0952. The van der Waals surface area contributed by atoms with Crippen molar-refractivity contribution in [2.24, 2.45) is 0 Å². The van der Waals surface area contributed by atoms with E-state index in [1.807, 2.05) is 0 Å². The minimum absolute atomic E-state index is 0.230. The van der Waals surface area contributed by atoms with Crippen molar-refractivity contribution in [2.75, 3.05) is 12.4 Å². The molecule has 0 heterocycles. The van der Waals surface area contributed by atoms with Crippen molar-refractivity contribution < 1.29 is 9.18 Å². The van der Waals surface area contributed by atoms with E-state index in [2.05, 4.69) is 5.32 Å². The summed E-state index contributed by atoms with van der Waals surface area (Å²) in [6, 6.07) is 4.20. The summed E-state index contributed by atoms with van der Waals surface area (Å²) in [5.41, 5.74) is 1.17. The Bertz CT molecular complexity index is 368. The number of amides is 1. The summed E-state index contributed by atoms with van der Waals surface area (Å²) in [6.07, 6.45) is 1.70. The largest absolute Gasteiger partial charge is 0.352 e. The molecule has 1 amide bonds. The molecular weight excluding hydrogens is 229 g/mol. The molecular formula is C12H15ClFNO. The second-order valence-corrected chi connectivity index (χ2v) is 3.99. The molecule has 88 valence electrons. The van der Waals surface area contributed by atoms with Gasteiger partial charge in [-0.15, -0.1) is 11.6 Å². The lowest BCUT2D eigenvalue weighted by Gasteiger charge is -2.07. The molecule has 0 aliphatic rings. The van der Waals surface area contributed by atoms with Crippen LogP contribution in [0.25, 0.3) is 0 Å². The van der Waals surface area contributed by atoms with Gasteiger partial charge in [0.2, 0.25) is 0 Å². The maximum absolute atomic E-state index is 13.0. The molecule has 0 atom stereocenters. The number of aryl methyl sites for hydroxylation is 1. The van der Waals surface area contributed by atoms with Gasteiger partial charge in [0.1, 0.15) is 5.82 Å². The van der Waals surface area contributed by atoms with Crippen molar-refractivity contribution in [1.82, 2.24) is 5.32 Å². The van der Waals surface area contributed by atoms with E-state index in [-0.39, 0.29) is 5.91 Å². The molecule has 0 aromatic heterocycles. The fraction of sp³-hybridized carbons (Fsp3) is 0.417. The Morgan fingerprint density at radius 3 is 2.88 bits per heavy atom. The van der Waals surface area contributed by atoms with Gasteiger partial charge in [-0.1, -0.05) is 6.07 Å². The molecule has 1 aromatic carbocycles. The van der Waals surface area contributed by atoms with Gasteiger partial charge in [-0.2, -0.15) is 0 Å². The summed E-state index contributed by atoms with van der Waals surface area (Å²) in [7, 11) is 0. The van der Waals surface area contributed by atoms with E-state index in [4.69, 9.17) is 11.6 Å². The van der Waals surface area contributed by atoms with Gasteiger partial charge in [0.15, 0.2) is 0 Å². The molecule has 0 aliphatic carbocycles. The Labute approximate surface area is 99.8 Å². The first-order valence-corrected chi connectivity index (χ1v) is 5.79. The molecule has 1 rings (SSSR count). The van der Waals surface area contributed by atoms with E-state index < -0.39 is 5.82 Å². The highest BCUT2D eigenvalue weighted by molar-refractivity contribution is 6.17. The number of alkyl halides is 1. The van der Waals surface area contributed by atoms with Gasteiger partial charge in [-0.3, -0.25) is 4.79 Å². The second-order valence-electron chi connectivity index (χ2n) is 3.61. The van der Waals surface area contributed by atoms with Crippen LogP contribution in [0, 0.1) is 12.7 Å². The number of carbonyl (C=O) groups is 1. The number of rotatable bonds is 5. The Balaban J connectivity index is 2.55. The Hall–Kier alpha value is -1.09. The van der Waals surface area contributed by atoms with Crippen LogP contribution in [0.4, 0.5) is 4.39 Å². The molecule has 0 unspecified atom stereocenters. The molecule has 16 heavy (non-hydrogen) atoms. The highest BCUT2D eigenvalue weighted by atomic mass is 35.5. The van der Waals surface area contributed by atoms with Crippen LogP contribution >= 0.6 is 11.6 Å². The third-order valence-corrected chi connectivity index (χ3v) is 2.56. The minimum atomic E-state index is -0.392. The molecule has 0 bridgehead atoms. The number of hydrogen-bond acceptors (Lipinski definition) is 1. The molecule has 4 heteroatoms. The van der Waals surface area contributed by atoms with Gasteiger partial charge in [0, 0.05) is 18.0 Å². The van der Waals surface area contributed by atoms with Crippen molar-refractivity contribution in [1.29, 1.82) is 0 Å². The average Bonchev–Trinajstić information content (AvgIpc) is 2.27. The van der Waals surface area contributed by atoms with Crippen molar-refractivity contribution in [3.63, 3.8) is 0 Å². The van der Waals surface area contributed by atoms with Crippen LogP contribution in [0.15, 0.2) is 18.2 Å². The van der Waals surface area contributed by atoms with E-state index in [9.17, 15) is 9.18 Å². The smallest absolute Gasteiger partial charge is 0.251 e. The van der Waals surface area contributed by atoms with E-state index in [1.54, 1.807) is 13.0 Å². The van der Waals surface area contributed by atoms with Gasteiger partial charge >= 0.3 is 0 Å². The van der Waals surface area contributed by atoms with Gasteiger partial charge in [0.25, 0.3) is 5.91 Å². The standard InChI is InChI=1S/C12H15ClFNO/c1-9-4-5-10(14)8-11(9)12(16)15-7-3-2-6-13/h4-5,8H,2-3,6-7H2,1H3,(H,15,16). The summed E-state index contributed by atoms with van der Waals surface area (Å²) in [4.78, 5) is 11.7. The average molecular weight is 244 g/mol. The van der Waals surface area contributed by atoms with Crippen LogP contribution in [-0.2, 0) is 0 Å². The number of unbranched alkanes of at least 4 members (excludes halogenated alkanes) is 1. The van der Waals surface area contributed by atoms with E-state index in [0.29, 0.717) is 18.0 Å². The van der Waals surface area contributed by atoms with Crippen LogP contribution in [0.5, 0.6) is 0 Å². The van der Waals surface area contributed by atoms with Crippen molar-refractivity contribution in [2.45, 2.75) is 19.8 Å². The lowest BCUT2D eigenvalue weighted by atomic mass is 10.1. The summed E-state index contributed by atoms with van der Waals surface area (Å²) >= 11 is 5.52. The van der Waals surface area contributed by atoms with Gasteiger partial charge in [-0.05, 0) is 37.5 Å². The summed E-state index contributed by atoms with van der Waals surface area (Å²) < 4.78 is 13.0. The van der Waals surface area contributed by atoms with Crippen LogP contribution in [0.3, 0.4) is 0 Å². The summed E-state index contributed by atoms with van der Waals surface area (Å²) in [5, 5.41) is 2.74. The third kappa shape index (κ3) is 3.81.